The second-order valence-electron chi connectivity index (χ2n) is 3.46. The van der Waals surface area contributed by atoms with Gasteiger partial charge in [-0.2, -0.15) is 0 Å². The SMILES string of the molecule is CCCC(NC(=O)c1cnc(C)s1)C(N)=O. The highest BCUT2D eigenvalue weighted by molar-refractivity contribution is 7.13. The van der Waals surface area contributed by atoms with Crippen LogP contribution in [0.5, 0.6) is 0 Å². The Kier molecular flexibility index (Phi) is 4.42. The topological polar surface area (TPSA) is 85.1 Å². The largest absolute Gasteiger partial charge is 0.368 e. The monoisotopic (exact) mass is 241 g/mol. The summed E-state index contributed by atoms with van der Waals surface area (Å²) < 4.78 is 0. The fourth-order valence-corrected chi connectivity index (χ4v) is 1.95. The molecule has 0 aliphatic rings. The minimum atomic E-state index is -0.597. The van der Waals surface area contributed by atoms with E-state index in [0.717, 1.165) is 11.4 Å². The molecule has 0 fully saturated rings. The molecule has 1 unspecified atom stereocenters. The summed E-state index contributed by atoms with van der Waals surface area (Å²) in [7, 11) is 0. The number of nitrogens with one attached hydrogen (secondary N) is 1. The molecule has 0 radical (unpaired) electrons. The molecule has 0 bridgehead atoms. The number of aromatic nitrogens is 1. The van der Waals surface area contributed by atoms with E-state index in [1.165, 1.54) is 17.5 Å². The van der Waals surface area contributed by atoms with Crippen LogP contribution in [0.4, 0.5) is 0 Å². The van der Waals surface area contributed by atoms with Crippen molar-refractivity contribution < 1.29 is 9.59 Å². The van der Waals surface area contributed by atoms with Crippen LogP contribution in [0.3, 0.4) is 0 Å². The molecule has 0 saturated carbocycles. The second kappa shape index (κ2) is 5.60. The van der Waals surface area contributed by atoms with Crippen molar-refractivity contribution in [1.82, 2.24) is 10.3 Å². The quantitative estimate of drug-likeness (QED) is 0.801. The van der Waals surface area contributed by atoms with E-state index < -0.39 is 11.9 Å². The highest BCUT2D eigenvalue weighted by atomic mass is 32.1. The number of carbonyl (C=O) groups excluding carboxylic acids is 2. The van der Waals surface area contributed by atoms with Gasteiger partial charge in [0.2, 0.25) is 5.91 Å². The number of nitrogens with zero attached hydrogens (tertiary/aromatic N) is 1. The van der Waals surface area contributed by atoms with E-state index in [1.807, 2.05) is 13.8 Å². The summed E-state index contributed by atoms with van der Waals surface area (Å²) in [5.41, 5.74) is 5.19. The van der Waals surface area contributed by atoms with E-state index in [9.17, 15) is 9.59 Å². The van der Waals surface area contributed by atoms with Crippen LogP contribution in [0.15, 0.2) is 6.20 Å². The number of rotatable bonds is 5. The minimum Gasteiger partial charge on any atom is -0.368 e. The van der Waals surface area contributed by atoms with Gasteiger partial charge < -0.3 is 11.1 Å². The third-order valence-electron chi connectivity index (χ3n) is 2.07. The molecule has 2 amide bonds. The smallest absolute Gasteiger partial charge is 0.263 e. The van der Waals surface area contributed by atoms with Gasteiger partial charge in [-0.15, -0.1) is 11.3 Å². The lowest BCUT2D eigenvalue weighted by Gasteiger charge is -2.13. The molecule has 0 saturated heterocycles. The zero-order chi connectivity index (χ0) is 12.1. The van der Waals surface area contributed by atoms with Crippen molar-refractivity contribution in [2.45, 2.75) is 32.7 Å². The van der Waals surface area contributed by atoms with Gasteiger partial charge >= 0.3 is 0 Å². The lowest BCUT2D eigenvalue weighted by molar-refractivity contribution is -0.120. The van der Waals surface area contributed by atoms with E-state index in [-0.39, 0.29) is 5.91 Å². The molecule has 88 valence electrons. The van der Waals surface area contributed by atoms with E-state index in [0.29, 0.717) is 11.3 Å². The maximum atomic E-state index is 11.7. The van der Waals surface area contributed by atoms with E-state index in [2.05, 4.69) is 10.3 Å². The normalized spacial score (nSPS) is 12.1. The van der Waals surface area contributed by atoms with Crippen LogP contribution in [0.2, 0.25) is 0 Å². The molecule has 0 aromatic carbocycles. The Bertz CT molecular complexity index is 389. The lowest BCUT2D eigenvalue weighted by atomic mass is 10.1. The Morgan fingerprint density at radius 3 is 2.75 bits per heavy atom. The van der Waals surface area contributed by atoms with Crippen molar-refractivity contribution in [1.29, 1.82) is 0 Å². The van der Waals surface area contributed by atoms with Crippen LogP contribution in [-0.2, 0) is 4.79 Å². The van der Waals surface area contributed by atoms with Crippen LogP contribution >= 0.6 is 11.3 Å². The molecule has 0 aliphatic heterocycles. The van der Waals surface area contributed by atoms with Crippen LogP contribution in [0.1, 0.15) is 34.4 Å². The van der Waals surface area contributed by atoms with Gasteiger partial charge in [-0.05, 0) is 13.3 Å². The lowest BCUT2D eigenvalue weighted by Crippen LogP contribution is -2.44. The predicted octanol–water partition coefficient (Wildman–Crippen LogP) is 0.835. The first-order valence-corrected chi connectivity index (χ1v) is 5.88. The van der Waals surface area contributed by atoms with Gasteiger partial charge in [0.05, 0.1) is 11.2 Å². The molecule has 0 spiro atoms. The molecular weight excluding hydrogens is 226 g/mol. The molecular formula is C10H15N3O2S. The summed E-state index contributed by atoms with van der Waals surface area (Å²) >= 11 is 1.29. The highest BCUT2D eigenvalue weighted by Gasteiger charge is 2.18. The molecule has 1 aromatic rings. The number of aryl methyl sites for hydroxylation is 1. The van der Waals surface area contributed by atoms with Gasteiger partial charge in [-0.25, -0.2) is 4.98 Å². The second-order valence-corrected chi connectivity index (χ2v) is 4.70. The minimum absolute atomic E-state index is 0.289. The predicted molar refractivity (Wildman–Crippen MR) is 62.2 cm³/mol. The number of nitrogens with two attached hydrogens (primary N) is 1. The molecule has 6 heteroatoms. The van der Waals surface area contributed by atoms with E-state index in [1.54, 1.807) is 0 Å². The third kappa shape index (κ3) is 3.30. The number of amides is 2. The fraction of sp³-hybridized carbons (Fsp3) is 0.500. The molecule has 1 atom stereocenters. The molecule has 1 heterocycles. The van der Waals surface area contributed by atoms with Crippen LogP contribution in [-0.4, -0.2) is 22.8 Å². The Morgan fingerprint density at radius 1 is 1.62 bits per heavy atom. The molecule has 3 N–H and O–H groups in total. The van der Waals surface area contributed by atoms with Gasteiger partial charge in [0.1, 0.15) is 10.9 Å². The molecule has 16 heavy (non-hydrogen) atoms. The zero-order valence-electron chi connectivity index (χ0n) is 9.32. The molecule has 0 aliphatic carbocycles. The average Bonchev–Trinajstić information content (AvgIpc) is 2.64. The van der Waals surface area contributed by atoms with E-state index >= 15 is 0 Å². The van der Waals surface area contributed by atoms with Gasteiger partial charge in [0, 0.05) is 0 Å². The fourth-order valence-electron chi connectivity index (χ4n) is 1.27. The number of thiazole rings is 1. The first kappa shape index (κ1) is 12.6. The van der Waals surface area contributed by atoms with Crippen molar-refractivity contribution in [3.63, 3.8) is 0 Å². The third-order valence-corrected chi connectivity index (χ3v) is 2.98. The standard InChI is InChI=1S/C10H15N3O2S/c1-3-4-7(9(11)14)13-10(15)8-5-12-6(2)16-8/h5,7H,3-4H2,1-2H3,(H2,11,14)(H,13,15). The maximum absolute atomic E-state index is 11.7. The van der Waals surface area contributed by atoms with Crippen molar-refractivity contribution in [2.75, 3.05) is 0 Å². The van der Waals surface area contributed by atoms with Crippen LogP contribution in [0, 0.1) is 6.92 Å². The zero-order valence-corrected chi connectivity index (χ0v) is 10.1. The molecule has 1 aromatic heterocycles. The summed E-state index contributed by atoms with van der Waals surface area (Å²) in [6, 6.07) is -0.597. The Balaban J connectivity index is 2.65. The molecule has 1 rings (SSSR count). The Morgan fingerprint density at radius 2 is 2.31 bits per heavy atom. The summed E-state index contributed by atoms with van der Waals surface area (Å²) in [6.07, 6.45) is 2.84. The average molecular weight is 241 g/mol. The Hall–Kier alpha value is -1.43. The van der Waals surface area contributed by atoms with Gasteiger partial charge in [-0.1, -0.05) is 13.3 Å². The Labute approximate surface area is 98.1 Å². The van der Waals surface area contributed by atoms with E-state index in [4.69, 9.17) is 5.73 Å². The van der Waals surface area contributed by atoms with Crippen molar-refractivity contribution in [3.8, 4) is 0 Å². The number of carbonyl (C=O) groups is 2. The first-order chi connectivity index (χ1) is 7.54. The van der Waals surface area contributed by atoms with Gasteiger partial charge in [0.25, 0.3) is 5.91 Å². The van der Waals surface area contributed by atoms with Gasteiger partial charge in [-0.3, -0.25) is 9.59 Å². The van der Waals surface area contributed by atoms with Crippen molar-refractivity contribution in [3.05, 3.63) is 16.1 Å². The van der Waals surface area contributed by atoms with Gasteiger partial charge in [0.15, 0.2) is 0 Å². The number of hydrogen-bond acceptors (Lipinski definition) is 4. The summed E-state index contributed by atoms with van der Waals surface area (Å²) in [6.45, 7) is 3.75. The number of hydrogen-bond donors (Lipinski definition) is 2. The van der Waals surface area contributed by atoms with Crippen LogP contribution < -0.4 is 11.1 Å². The maximum Gasteiger partial charge on any atom is 0.263 e. The number of primary amides is 1. The summed E-state index contributed by atoms with van der Waals surface area (Å²) in [4.78, 5) is 27.2. The van der Waals surface area contributed by atoms with Crippen LogP contribution in [0.25, 0.3) is 0 Å². The first-order valence-electron chi connectivity index (χ1n) is 5.07. The molecule has 5 nitrogen and oxygen atoms in total. The highest BCUT2D eigenvalue weighted by Crippen LogP contribution is 2.11. The summed E-state index contributed by atoms with van der Waals surface area (Å²) in [5.74, 6) is -0.792. The summed E-state index contributed by atoms with van der Waals surface area (Å²) in [5, 5.41) is 3.42. The van der Waals surface area contributed by atoms with Crippen molar-refractivity contribution in [2.24, 2.45) is 5.73 Å². The van der Waals surface area contributed by atoms with Crippen molar-refractivity contribution >= 4 is 23.2 Å².